The van der Waals surface area contributed by atoms with Gasteiger partial charge in [0.25, 0.3) is 0 Å². The average molecular weight is 232 g/mol. The van der Waals surface area contributed by atoms with Crippen LogP contribution in [-0.4, -0.2) is 18.5 Å². The van der Waals surface area contributed by atoms with Gasteiger partial charge in [-0.15, -0.1) is 0 Å². The van der Waals surface area contributed by atoms with Crippen LogP contribution in [0.5, 0.6) is 0 Å². The fourth-order valence-electron chi connectivity index (χ4n) is 2.38. The third kappa shape index (κ3) is 2.50. The van der Waals surface area contributed by atoms with Crippen LogP contribution in [0.15, 0.2) is 24.3 Å². The maximum absolute atomic E-state index is 12.2. The van der Waals surface area contributed by atoms with E-state index in [4.69, 9.17) is 5.73 Å². The zero-order chi connectivity index (χ0) is 12.4. The molecule has 1 atom stereocenters. The molecule has 0 radical (unpaired) electrons. The Kier molecular flexibility index (Phi) is 3.48. The average Bonchev–Trinajstić information content (AvgIpc) is 2.70. The molecule has 1 amide bonds. The van der Waals surface area contributed by atoms with Crippen LogP contribution in [0.3, 0.4) is 0 Å². The molecule has 1 aromatic carbocycles. The minimum Gasteiger partial charge on any atom is -0.320 e. The first-order chi connectivity index (χ1) is 8.09. The highest BCUT2D eigenvalue weighted by Gasteiger charge is 2.28. The van der Waals surface area contributed by atoms with E-state index in [1.165, 1.54) is 5.56 Å². The van der Waals surface area contributed by atoms with Gasteiger partial charge in [-0.25, -0.2) is 0 Å². The Morgan fingerprint density at radius 1 is 1.41 bits per heavy atom. The van der Waals surface area contributed by atoms with Crippen molar-refractivity contribution in [3.63, 3.8) is 0 Å². The third-order valence-corrected chi connectivity index (χ3v) is 3.20. The standard InChI is InChI=1S/C14H20N2O/c1-10(2)9-12(15)14(17)16-8-7-11-5-3-4-6-13(11)16/h3-6,10,12H,7-9,15H2,1-2H3. The van der Waals surface area contributed by atoms with E-state index in [0.29, 0.717) is 5.92 Å². The fourth-order valence-corrected chi connectivity index (χ4v) is 2.38. The van der Waals surface area contributed by atoms with Gasteiger partial charge >= 0.3 is 0 Å². The molecule has 0 saturated heterocycles. The van der Waals surface area contributed by atoms with Crippen LogP contribution in [0.1, 0.15) is 25.8 Å². The maximum atomic E-state index is 12.2. The molecule has 2 rings (SSSR count). The first-order valence-corrected chi connectivity index (χ1v) is 6.24. The number of hydrogen-bond acceptors (Lipinski definition) is 2. The van der Waals surface area contributed by atoms with E-state index >= 15 is 0 Å². The Hall–Kier alpha value is -1.35. The summed E-state index contributed by atoms with van der Waals surface area (Å²) in [5.74, 6) is 0.510. The molecule has 0 saturated carbocycles. The summed E-state index contributed by atoms with van der Waals surface area (Å²) in [6.45, 7) is 4.94. The van der Waals surface area contributed by atoms with Crippen LogP contribution in [0.25, 0.3) is 0 Å². The molecule has 1 unspecified atom stereocenters. The zero-order valence-electron chi connectivity index (χ0n) is 10.5. The van der Waals surface area contributed by atoms with Crippen molar-refractivity contribution in [2.75, 3.05) is 11.4 Å². The number of nitrogens with zero attached hydrogens (tertiary/aromatic N) is 1. The normalized spacial score (nSPS) is 16.1. The van der Waals surface area contributed by atoms with E-state index in [9.17, 15) is 4.79 Å². The first-order valence-electron chi connectivity index (χ1n) is 6.24. The lowest BCUT2D eigenvalue weighted by molar-refractivity contribution is -0.120. The summed E-state index contributed by atoms with van der Waals surface area (Å²) < 4.78 is 0. The quantitative estimate of drug-likeness (QED) is 0.865. The molecule has 0 spiro atoms. The third-order valence-electron chi connectivity index (χ3n) is 3.20. The van der Waals surface area contributed by atoms with Gasteiger partial charge in [0.05, 0.1) is 6.04 Å². The molecule has 0 aliphatic carbocycles. The lowest BCUT2D eigenvalue weighted by atomic mass is 10.0. The Balaban J connectivity index is 2.12. The largest absolute Gasteiger partial charge is 0.320 e. The number of benzene rings is 1. The van der Waals surface area contributed by atoms with Crippen LogP contribution in [0.4, 0.5) is 5.69 Å². The van der Waals surface area contributed by atoms with Gasteiger partial charge < -0.3 is 10.6 Å². The highest BCUT2D eigenvalue weighted by atomic mass is 16.2. The minimum atomic E-state index is -0.374. The highest BCUT2D eigenvalue weighted by Crippen LogP contribution is 2.28. The molecule has 0 fully saturated rings. The molecule has 0 aromatic heterocycles. The smallest absolute Gasteiger partial charge is 0.243 e. The van der Waals surface area contributed by atoms with E-state index in [1.54, 1.807) is 0 Å². The molecular formula is C14H20N2O. The molecule has 3 heteroatoms. The van der Waals surface area contributed by atoms with Crippen molar-refractivity contribution in [2.24, 2.45) is 11.7 Å². The summed E-state index contributed by atoms with van der Waals surface area (Å²) >= 11 is 0. The van der Waals surface area contributed by atoms with Crippen LogP contribution < -0.4 is 10.6 Å². The van der Waals surface area contributed by atoms with Crippen molar-refractivity contribution in [1.29, 1.82) is 0 Å². The van der Waals surface area contributed by atoms with E-state index in [1.807, 2.05) is 23.1 Å². The molecule has 1 aliphatic heterocycles. The van der Waals surface area contributed by atoms with Gasteiger partial charge in [-0.2, -0.15) is 0 Å². The first kappa shape index (κ1) is 12.1. The van der Waals surface area contributed by atoms with Crippen molar-refractivity contribution in [1.82, 2.24) is 0 Å². The Labute approximate surface area is 103 Å². The van der Waals surface area contributed by atoms with Crippen molar-refractivity contribution in [2.45, 2.75) is 32.7 Å². The maximum Gasteiger partial charge on any atom is 0.243 e. The molecule has 1 heterocycles. The number of carbonyl (C=O) groups excluding carboxylic acids is 1. The second kappa shape index (κ2) is 4.88. The number of fused-ring (bicyclic) bond motifs is 1. The predicted molar refractivity (Wildman–Crippen MR) is 69.9 cm³/mol. The minimum absolute atomic E-state index is 0.0589. The monoisotopic (exact) mass is 232 g/mol. The molecule has 1 aromatic rings. The number of rotatable bonds is 3. The fraction of sp³-hybridized carbons (Fsp3) is 0.500. The molecule has 3 nitrogen and oxygen atoms in total. The van der Waals surface area contributed by atoms with Gasteiger partial charge in [-0.05, 0) is 30.4 Å². The van der Waals surface area contributed by atoms with Crippen molar-refractivity contribution in [3.8, 4) is 0 Å². The summed E-state index contributed by atoms with van der Waals surface area (Å²) in [5.41, 5.74) is 8.25. The summed E-state index contributed by atoms with van der Waals surface area (Å²) in [6.07, 6.45) is 1.69. The second-order valence-corrected chi connectivity index (χ2v) is 5.10. The molecule has 1 aliphatic rings. The molecule has 2 N–H and O–H groups in total. The topological polar surface area (TPSA) is 46.3 Å². The Morgan fingerprint density at radius 2 is 2.12 bits per heavy atom. The number of amides is 1. The van der Waals surface area contributed by atoms with Crippen molar-refractivity contribution < 1.29 is 4.79 Å². The van der Waals surface area contributed by atoms with E-state index in [2.05, 4.69) is 19.9 Å². The molecular weight excluding hydrogens is 212 g/mol. The SMILES string of the molecule is CC(C)CC(N)C(=O)N1CCc2ccccc21. The van der Waals surface area contributed by atoms with Gasteiger partial charge in [-0.1, -0.05) is 32.0 Å². The highest BCUT2D eigenvalue weighted by molar-refractivity contribution is 5.98. The molecule has 92 valence electrons. The second-order valence-electron chi connectivity index (χ2n) is 5.10. The molecule has 17 heavy (non-hydrogen) atoms. The van der Waals surface area contributed by atoms with Crippen LogP contribution in [0.2, 0.25) is 0 Å². The molecule has 0 bridgehead atoms. The van der Waals surface area contributed by atoms with Crippen LogP contribution in [0, 0.1) is 5.92 Å². The van der Waals surface area contributed by atoms with Crippen LogP contribution >= 0.6 is 0 Å². The summed E-state index contributed by atoms with van der Waals surface area (Å²) in [7, 11) is 0. The van der Waals surface area contributed by atoms with Crippen molar-refractivity contribution >= 4 is 11.6 Å². The number of anilines is 1. The van der Waals surface area contributed by atoms with Gasteiger partial charge in [0.15, 0.2) is 0 Å². The Bertz CT molecular complexity index is 414. The van der Waals surface area contributed by atoms with E-state index in [-0.39, 0.29) is 11.9 Å². The van der Waals surface area contributed by atoms with Gasteiger partial charge in [0.1, 0.15) is 0 Å². The van der Waals surface area contributed by atoms with Gasteiger partial charge in [0, 0.05) is 12.2 Å². The van der Waals surface area contributed by atoms with Gasteiger partial charge in [0.2, 0.25) is 5.91 Å². The predicted octanol–water partition coefficient (Wildman–Crippen LogP) is 1.95. The van der Waals surface area contributed by atoms with Crippen LogP contribution in [-0.2, 0) is 11.2 Å². The number of para-hydroxylation sites is 1. The summed E-state index contributed by atoms with van der Waals surface area (Å²) in [4.78, 5) is 14.1. The summed E-state index contributed by atoms with van der Waals surface area (Å²) in [5, 5.41) is 0. The Morgan fingerprint density at radius 3 is 2.82 bits per heavy atom. The van der Waals surface area contributed by atoms with E-state index in [0.717, 1.165) is 25.1 Å². The zero-order valence-corrected chi connectivity index (χ0v) is 10.5. The lowest BCUT2D eigenvalue weighted by Crippen LogP contribution is -2.43. The van der Waals surface area contributed by atoms with Crippen molar-refractivity contribution in [3.05, 3.63) is 29.8 Å². The number of hydrogen-bond donors (Lipinski definition) is 1. The van der Waals surface area contributed by atoms with E-state index < -0.39 is 0 Å². The number of nitrogens with two attached hydrogens (primary N) is 1. The number of carbonyl (C=O) groups is 1. The lowest BCUT2D eigenvalue weighted by Gasteiger charge is -2.22. The van der Waals surface area contributed by atoms with Gasteiger partial charge in [-0.3, -0.25) is 4.79 Å². The summed E-state index contributed by atoms with van der Waals surface area (Å²) in [6, 6.07) is 7.69.